The van der Waals surface area contributed by atoms with Crippen LogP contribution in [-0.4, -0.2) is 72.1 Å². The molecule has 7 heteroatoms. The highest BCUT2D eigenvalue weighted by Gasteiger charge is 2.45. The second-order valence-electron chi connectivity index (χ2n) is 8.90. The number of ether oxygens (including phenoxy) is 2. The fourth-order valence-corrected chi connectivity index (χ4v) is 4.50. The lowest BCUT2D eigenvalue weighted by Gasteiger charge is -2.29. The van der Waals surface area contributed by atoms with Gasteiger partial charge in [-0.2, -0.15) is 0 Å². The predicted octanol–water partition coefficient (Wildman–Crippen LogP) is 3.62. The topological polar surface area (TPSA) is 79.3 Å². The first-order valence-electron chi connectivity index (χ1n) is 11.9. The quantitative estimate of drug-likeness (QED) is 0.365. The molecule has 2 heterocycles. The maximum atomic E-state index is 13.1. The molecule has 2 aliphatic rings. The van der Waals surface area contributed by atoms with Crippen LogP contribution >= 0.6 is 0 Å². The second kappa shape index (κ2) is 10.8. The molecule has 2 aliphatic heterocycles. The van der Waals surface area contributed by atoms with E-state index in [4.69, 9.17) is 9.47 Å². The number of nitrogens with zero attached hydrogens (tertiary/aromatic N) is 2. The number of benzene rings is 2. The standard InChI is InChI=1S/C27H32N2O5/c1-19(2)34-22-11-9-21(10-12-22)25(30)23-24(20-7-4-3-5-8-20)29(27(32)26(23)31)14-6-13-28-15-17-33-18-16-28/h3-5,7-12,19,24,30H,6,13-18H2,1-2H3/t24-/m1/s1. The first-order chi connectivity index (χ1) is 16.5. The van der Waals surface area contributed by atoms with Crippen molar-refractivity contribution in [3.05, 3.63) is 71.3 Å². The van der Waals surface area contributed by atoms with E-state index in [-0.39, 0.29) is 17.4 Å². The Hall–Kier alpha value is -3.16. The fraction of sp³-hybridized carbons (Fsp3) is 0.407. The summed E-state index contributed by atoms with van der Waals surface area (Å²) in [6, 6.07) is 15.7. The number of carbonyl (C=O) groups is 2. The number of morpholine rings is 1. The van der Waals surface area contributed by atoms with E-state index in [1.54, 1.807) is 29.2 Å². The van der Waals surface area contributed by atoms with Crippen molar-refractivity contribution in [2.24, 2.45) is 0 Å². The van der Waals surface area contributed by atoms with Gasteiger partial charge < -0.3 is 19.5 Å². The van der Waals surface area contributed by atoms with Gasteiger partial charge >= 0.3 is 0 Å². The molecular formula is C27H32N2O5. The summed E-state index contributed by atoms with van der Waals surface area (Å²) >= 11 is 0. The largest absolute Gasteiger partial charge is 0.507 e. The molecule has 0 saturated carbocycles. The van der Waals surface area contributed by atoms with Crippen molar-refractivity contribution in [3.63, 3.8) is 0 Å². The van der Waals surface area contributed by atoms with Gasteiger partial charge in [-0.25, -0.2) is 0 Å². The van der Waals surface area contributed by atoms with Gasteiger partial charge in [-0.15, -0.1) is 0 Å². The van der Waals surface area contributed by atoms with Gasteiger partial charge in [0.1, 0.15) is 11.5 Å². The van der Waals surface area contributed by atoms with Crippen LogP contribution in [0.1, 0.15) is 37.4 Å². The third-order valence-corrected chi connectivity index (χ3v) is 6.13. The molecule has 1 N–H and O–H groups in total. The van der Waals surface area contributed by atoms with Crippen LogP contribution in [0, 0.1) is 0 Å². The minimum atomic E-state index is -0.653. The van der Waals surface area contributed by atoms with Gasteiger partial charge in [-0.1, -0.05) is 30.3 Å². The number of likely N-dealkylation sites (tertiary alicyclic amines) is 1. The molecule has 1 amide bonds. The van der Waals surface area contributed by atoms with Crippen LogP contribution in [0.5, 0.6) is 5.75 Å². The molecule has 2 fully saturated rings. The van der Waals surface area contributed by atoms with Gasteiger partial charge in [0.25, 0.3) is 11.7 Å². The lowest BCUT2D eigenvalue weighted by molar-refractivity contribution is -0.140. The Morgan fingerprint density at radius 3 is 2.35 bits per heavy atom. The molecule has 7 nitrogen and oxygen atoms in total. The van der Waals surface area contributed by atoms with Crippen LogP contribution in [0.4, 0.5) is 0 Å². The zero-order valence-corrected chi connectivity index (χ0v) is 19.8. The van der Waals surface area contributed by atoms with E-state index in [0.717, 1.165) is 44.8 Å². The monoisotopic (exact) mass is 464 g/mol. The number of rotatable bonds is 8. The number of amides is 1. The van der Waals surface area contributed by atoms with Crippen LogP contribution < -0.4 is 4.74 Å². The second-order valence-corrected chi connectivity index (χ2v) is 8.90. The molecule has 2 aromatic carbocycles. The van der Waals surface area contributed by atoms with Crippen molar-refractivity contribution in [3.8, 4) is 5.75 Å². The summed E-state index contributed by atoms with van der Waals surface area (Å²) in [5.41, 5.74) is 1.40. The van der Waals surface area contributed by atoms with Crippen LogP contribution in [0.2, 0.25) is 0 Å². The van der Waals surface area contributed by atoms with Crippen molar-refractivity contribution >= 4 is 17.4 Å². The zero-order chi connectivity index (χ0) is 24.1. The van der Waals surface area contributed by atoms with Crippen molar-refractivity contribution < 1.29 is 24.2 Å². The molecular weight excluding hydrogens is 432 g/mol. The molecule has 34 heavy (non-hydrogen) atoms. The Morgan fingerprint density at radius 2 is 1.71 bits per heavy atom. The van der Waals surface area contributed by atoms with E-state index in [2.05, 4.69) is 4.90 Å². The Labute approximate surface area is 200 Å². The highest BCUT2D eigenvalue weighted by molar-refractivity contribution is 6.46. The average molecular weight is 465 g/mol. The number of aliphatic hydroxyl groups excluding tert-OH is 1. The van der Waals surface area contributed by atoms with E-state index in [1.165, 1.54) is 0 Å². The van der Waals surface area contributed by atoms with Crippen LogP contribution in [-0.2, 0) is 14.3 Å². The lowest BCUT2D eigenvalue weighted by atomic mass is 9.95. The van der Waals surface area contributed by atoms with Gasteiger partial charge in [0, 0.05) is 31.7 Å². The van der Waals surface area contributed by atoms with Crippen molar-refractivity contribution in [2.75, 3.05) is 39.4 Å². The van der Waals surface area contributed by atoms with Crippen molar-refractivity contribution in [1.82, 2.24) is 9.80 Å². The summed E-state index contributed by atoms with van der Waals surface area (Å²) < 4.78 is 11.1. The normalized spacial score (nSPS) is 20.8. The Bertz CT molecular complexity index is 1030. The summed E-state index contributed by atoms with van der Waals surface area (Å²) in [6.45, 7) is 8.31. The molecule has 1 atom stereocenters. The molecule has 0 aliphatic carbocycles. The maximum Gasteiger partial charge on any atom is 0.295 e. The van der Waals surface area contributed by atoms with Gasteiger partial charge in [-0.3, -0.25) is 14.5 Å². The average Bonchev–Trinajstić information content (AvgIpc) is 3.10. The summed E-state index contributed by atoms with van der Waals surface area (Å²) in [7, 11) is 0. The Morgan fingerprint density at radius 1 is 1.03 bits per heavy atom. The lowest BCUT2D eigenvalue weighted by Crippen LogP contribution is -2.38. The Balaban J connectivity index is 1.62. The van der Waals surface area contributed by atoms with Gasteiger partial charge in [-0.05, 0) is 50.1 Å². The van der Waals surface area contributed by atoms with Crippen LogP contribution in [0.15, 0.2) is 60.2 Å². The van der Waals surface area contributed by atoms with Gasteiger partial charge in [0.15, 0.2) is 0 Å². The van der Waals surface area contributed by atoms with E-state index >= 15 is 0 Å². The van der Waals surface area contributed by atoms with E-state index in [0.29, 0.717) is 17.9 Å². The third kappa shape index (κ3) is 5.32. The van der Waals surface area contributed by atoms with Gasteiger partial charge in [0.2, 0.25) is 0 Å². The first kappa shape index (κ1) is 24.0. The van der Waals surface area contributed by atoms with E-state index in [1.807, 2.05) is 44.2 Å². The van der Waals surface area contributed by atoms with Gasteiger partial charge in [0.05, 0.1) is 30.9 Å². The molecule has 0 spiro atoms. The SMILES string of the molecule is CC(C)Oc1ccc(C(O)=C2C(=O)C(=O)N(CCCN3CCOCC3)[C@@H]2c2ccccc2)cc1. The van der Waals surface area contributed by atoms with Crippen LogP contribution in [0.25, 0.3) is 5.76 Å². The summed E-state index contributed by atoms with van der Waals surface area (Å²) in [5, 5.41) is 11.2. The number of hydrogen-bond acceptors (Lipinski definition) is 6. The summed E-state index contributed by atoms with van der Waals surface area (Å²) in [6.07, 6.45) is 0.762. The fourth-order valence-electron chi connectivity index (χ4n) is 4.50. The number of aliphatic hydroxyl groups is 1. The molecule has 0 radical (unpaired) electrons. The Kier molecular flexibility index (Phi) is 7.65. The minimum absolute atomic E-state index is 0.0281. The molecule has 0 unspecified atom stereocenters. The number of ketones is 1. The predicted molar refractivity (Wildman–Crippen MR) is 130 cm³/mol. The van der Waals surface area contributed by atoms with E-state index in [9.17, 15) is 14.7 Å². The van der Waals surface area contributed by atoms with E-state index < -0.39 is 17.7 Å². The van der Waals surface area contributed by atoms with Crippen molar-refractivity contribution in [1.29, 1.82) is 0 Å². The first-order valence-corrected chi connectivity index (χ1v) is 11.9. The molecule has 0 bridgehead atoms. The maximum absolute atomic E-state index is 13.1. The molecule has 0 aromatic heterocycles. The molecule has 2 saturated heterocycles. The number of carbonyl (C=O) groups excluding carboxylic acids is 2. The van der Waals surface area contributed by atoms with Crippen LogP contribution in [0.3, 0.4) is 0 Å². The minimum Gasteiger partial charge on any atom is -0.507 e. The summed E-state index contributed by atoms with van der Waals surface area (Å²) in [5.74, 6) is -0.717. The summed E-state index contributed by atoms with van der Waals surface area (Å²) in [4.78, 5) is 30.1. The number of Topliss-reactive ketones (excluding diaryl/α,β-unsaturated/α-hetero) is 1. The smallest absolute Gasteiger partial charge is 0.295 e. The molecule has 2 aromatic rings. The molecule has 180 valence electrons. The molecule has 4 rings (SSSR count). The third-order valence-electron chi connectivity index (χ3n) is 6.13. The zero-order valence-electron chi connectivity index (χ0n) is 19.8. The highest BCUT2D eigenvalue weighted by atomic mass is 16.5. The van der Waals surface area contributed by atoms with Crippen molar-refractivity contribution in [2.45, 2.75) is 32.4 Å². The highest BCUT2D eigenvalue weighted by Crippen LogP contribution is 2.39. The number of hydrogen-bond donors (Lipinski definition) is 1.